The third-order valence-electron chi connectivity index (χ3n) is 4.28. The molecule has 1 unspecified atom stereocenters. The maximum absolute atomic E-state index is 12.4. The van der Waals surface area contributed by atoms with E-state index in [1.165, 1.54) is 0 Å². The van der Waals surface area contributed by atoms with Gasteiger partial charge in [0.2, 0.25) is 5.91 Å². The summed E-state index contributed by atoms with van der Waals surface area (Å²) in [5.41, 5.74) is 2.91. The van der Waals surface area contributed by atoms with E-state index < -0.39 is 6.04 Å². The predicted molar refractivity (Wildman–Crippen MR) is 119 cm³/mol. The molecule has 0 aliphatic carbocycles. The van der Waals surface area contributed by atoms with Gasteiger partial charge < -0.3 is 16.0 Å². The molecule has 0 heterocycles. The molecule has 0 radical (unpaired) electrons. The van der Waals surface area contributed by atoms with Crippen molar-refractivity contribution in [3.05, 3.63) is 88.9 Å². The van der Waals surface area contributed by atoms with Crippen LogP contribution >= 0.6 is 11.6 Å². The largest absolute Gasteiger partial charge is 0.374 e. The number of amides is 2. The molecule has 0 fully saturated rings. The maximum atomic E-state index is 12.4. The first kappa shape index (κ1) is 20.9. The van der Waals surface area contributed by atoms with E-state index in [0.29, 0.717) is 27.5 Å². The minimum absolute atomic E-state index is 0.231. The Balaban J connectivity index is 1.56. The number of nitrogens with one attached hydrogen (secondary N) is 3. The number of nitrogens with zero attached hydrogens (tertiary/aromatic N) is 1. The van der Waals surface area contributed by atoms with Gasteiger partial charge in [-0.15, -0.1) is 0 Å². The van der Waals surface area contributed by atoms with Gasteiger partial charge in [0, 0.05) is 27.6 Å². The molecule has 0 aliphatic rings. The van der Waals surface area contributed by atoms with Gasteiger partial charge >= 0.3 is 0 Å². The van der Waals surface area contributed by atoms with Crippen LogP contribution in [0.4, 0.5) is 17.1 Å². The molecule has 7 heteroatoms. The molecule has 150 valence electrons. The predicted octanol–water partition coefficient (Wildman–Crippen LogP) is 4.90. The van der Waals surface area contributed by atoms with Crippen LogP contribution < -0.4 is 16.0 Å². The fourth-order valence-corrected chi connectivity index (χ4v) is 2.81. The topological polar surface area (TPSA) is 94.0 Å². The molecule has 0 aliphatic heterocycles. The highest BCUT2D eigenvalue weighted by molar-refractivity contribution is 6.30. The van der Waals surface area contributed by atoms with E-state index in [1.54, 1.807) is 79.7 Å². The van der Waals surface area contributed by atoms with Crippen LogP contribution in [0.1, 0.15) is 22.8 Å². The molecule has 0 aromatic heterocycles. The van der Waals surface area contributed by atoms with Crippen LogP contribution in [0.3, 0.4) is 0 Å². The molecule has 0 bridgehead atoms. The second-order valence-electron chi connectivity index (χ2n) is 6.59. The van der Waals surface area contributed by atoms with Crippen molar-refractivity contribution in [3.8, 4) is 6.07 Å². The average Bonchev–Trinajstić information content (AvgIpc) is 2.75. The van der Waals surface area contributed by atoms with Gasteiger partial charge in [0.1, 0.15) is 6.04 Å². The highest BCUT2D eigenvalue weighted by Gasteiger charge is 2.13. The Morgan fingerprint density at radius 1 is 0.900 bits per heavy atom. The second-order valence-corrected chi connectivity index (χ2v) is 7.02. The van der Waals surface area contributed by atoms with E-state index in [4.69, 9.17) is 16.9 Å². The molecule has 30 heavy (non-hydrogen) atoms. The Labute approximate surface area is 179 Å². The van der Waals surface area contributed by atoms with Gasteiger partial charge in [0.05, 0.1) is 11.6 Å². The van der Waals surface area contributed by atoms with Crippen LogP contribution in [0.2, 0.25) is 5.02 Å². The van der Waals surface area contributed by atoms with Gasteiger partial charge in [0.25, 0.3) is 5.91 Å². The minimum atomic E-state index is -0.509. The molecule has 2 amide bonds. The van der Waals surface area contributed by atoms with Crippen molar-refractivity contribution in [1.29, 1.82) is 5.26 Å². The number of carbonyl (C=O) groups excluding carboxylic acids is 2. The number of hydrogen-bond donors (Lipinski definition) is 3. The van der Waals surface area contributed by atoms with Crippen LogP contribution in [0.5, 0.6) is 0 Å². The quantitative estimate of drug-likeness (QED) is 0.530. The van der Waals surface area contributed by atoms with Crippen molar-refractivity contribution in [2.75, 3.05) is 16.0 Å². The van der Waals surface area contributed by atoms with E-state index in [1.807, 2.05) is 6.07 Å². The molecule has 3 N–H and O–H groups in total. The van der Waals surface area contributed by atoms with Gasteiger partial charge in [-0.2, -0.15) is 5.26 Å². The SMILES string of the molecule is CC(Nc1ccc(NC(=O)c2ccc(Cl)cc2)cc1)C(=O)Nc1cccc(C#N)c1. The van der Waals surface area contributed by atoms with Gasteiger partial charge in [-0.25, -0.2) is 0 Å². The maximum Gasteiger partial charge on any atom is 0.255 e. The highest BCUT2D eigenvalue weighted by atomic mass is 35.5. The zero-order valence-electron chi connectivity index (χ0n) is 16.1. The summed E-state index contributed by atoms with van der Waals surface area (Å²) < 4.78 is 0. The standard InChI is InChI=1S/C23H19ClN4O2/c1-15(22(29)28-21-4-2-3-16(13-21)14-25)26-19-9-11-20(12-10-19)27-23(30)17-5-7-18(24)8-6-17/h2-13,15,26H,1H3,(H,27,30)(H,28,29). The lowest BCUT2D eigenvalue weighted by molar-refractivity contribution is -0.116. The van der Waals surface area contributed by atoms with Crippen molar-refractivity contribution in [2.45, 2.75) is 13.0 Å². The number of rotatable bonds is 6. The van der Waals surface area contributed by atoms with Crippen LogP contribution in [0, 0.1) is 11.3 Å². The lowest BCUT2D eigenvalue weighted by Gasteiger charge is -2.16. The monoisotopic (exact) mass is 418 g/mol. The highest BCUT2D eigenvalue weighted by Crippen LogP contribution is 2.17. The van der Waals surface area contributed by atoms with E-state index in [0.717, 1.165) is 5.69 Å². The molecule has 0 saturated carbocycles. The van der Waals surface area contributed by atoms with Crippen molar-refractivity contribution in [3.63, 3.8) is 0 Å². The van der Waals surface area contributed by atoms with Crippen LogP contribution in [-0.4, -0.2) is 17.9 Å². The summed E-state index contributed by atoms with van der Waals surface area (Å²) in [5.74, 6) is -0.468. The molecule has 3 aromatic carbocycles. The number of carbonyl (C=O) groups is 2. The van der Waals surface area contributed by atoms with Gasteiger partial charge in [-0.1, -0.05) is 17.7 Å². The fourth-order valence-electron chi connectivity index (χ4n) is 2.69. The first-order valence-corrected chi connectivity index (χ1v) is 9.57. The molecule has 0 saturated heterocycles. The van der Waals surface area contributed by atoms with Gasteiger partial charge in [-0.3, -0.25) is 9.59 Å². The van der Waals surface area contributed by atoms with E-state index >= 15 is 0 Å². The van der Waals surface area contributed by atoms with Crippen molar-refractivity contribution >= 4 is 40.5 Å². The van der Waals surface area contributed by atoms with Crippen molar-refractivity contribution < 1.29 is 9.59 Å². The fraction of sp³-hybridized carbons (Fsp3) is 0.0870. The van der Waals surface area contributed by atoms with Crippen LogP contribution in [-0.2, 0) is 4.79 Å². The summed E-state index contributed by atoms with van der Waals surface area (Å²) in [6.45, 7) is 1.74. The number of nitriles is 1. The molecule has 3 rings (SSSR count). The minimum Gasteiger partial charge on any atom is -0.374 e. The Morgan fingerprint density at radius 3 is 2.23 bits per heavy atom. The first-order valence-electron chi connectivity index (χ1n) is 9.19. The number of benzene rings is 3. The summed E-state index contributed by atoms with van der Waals surface area (Å²) in [4.78, 5) is 24.6. The second kappa shape index (κ2) is 9.59. The molecule has 6 nitrogen and oxygen atoms in total. The molecular weight excluding hydrogens is 400 g/mol. The zero-order valence-corrected chi connectivity index (χ0v) is 16.9. The number of hydrogen-bond acceptors (Lipinski definition) is 4. The lowest BCUT2D eigenvalue weighted by Crippen LogP contribution is -2.31. The summed E-state index contributed by atoms with van der Waals surface area (Å²) in [6.07, 6.45) is 0. The third kappa shape index (κ3) is 5.60. The summed E-state index contributed by atoms with van der Waals surface area (Å²) in [5, 5.41) is 18.2. The van der Waals surface area contributed by atoms with E-state index in [2.05, 4.69) is 16.0 Å². The Hall–Kier alpha value is -3.82. The smallest absolute Gasteiger partial charge is 0.255 e. The van der Waals surface area contributed by atoms with Gasteiger partial charge in [-0.05, 0) is 73.7 Å². The van der Waals surface area contributed by atoms with E-state index in [9.17, 15) is 9.59 Å². The summed E-state index contributed by atoms with van der Waals surface area (Å²) in [6, 6.07) is 21.9. The van der Waals surface area contributed by atoms with Crippen molar-refractivity contribution in [2.24, 2.45) is 0 Å². The third-order valence-corrected chi connectivity index (χ3v) is 4.54. The summed E-state index contributed by atoms with van der Waals surface area (Å²) >= 11 is 5.84. The Kier molecular flexibility index (Phi) is 6.68. The Morgan fingerprint density at radius 2 is 1.57 bits per heavy atom. The van der Waals surface area contributed by atoms with Crippen LogP contribution in [0.15, 0.2) is 72.8 Å². The van der Waals surface area contributed by atoms with Crippen LogP contribution in [0.25, 0.3) is 0 Å². The summed E-state index contributed by atoms with van der Waals surface area (Å²) in [7, 11) is 0. The molecule has 1 atom stereocenters. The lowest BCUT2D eigenvalue weighted by atomic mass is 10.2. The normalized spacial score (nSPS) is 11.1. The molecule has 3 aromatic rings. The number of halogens is 1. The first-order chi connectivity index (χ1) is 14.4. The van der Waals surface area contributed by atoms with Crippen molar-refractivity contribution in [1.82, 2.24) is 0 Å². The number of anilines is 3. The van der Waals surface area contributed by atoms with E-state index in [-0.39, 0.29) is 11.8 Å². The molecule has 0 spiro atoms. The average molecular weight is 419 g/mol. The van der Waals surface area contributed by atoms with Gasteiger partial charge in [0.15, 0.2) is 0 Å². The molecular formula is C23H19ClN4O2. The zero-order chi connectivity index (χ0) is 21.5. The Bertz CT molecular complexity index is 1090.